The Labute approximate surface area is 109 Å². The van der Waals surface area contributed by atoms with Crippen LogP contribution < -0.4 is 5.73 Å². The summed E-state index contributed by atoms with van der Waals surface area (Å²) in [4.78, 5) is 16.6. The maximum Gasteiger partial charge on any atom is 0.229 e. The van der Waals surface area contributed by atoms with E-state index in [9.17, 15) is 4.79 Å². The second-order valence-corrected chi connectivity index (χ2v) is 5.45. The Morgan fingerprint density at radius 2 is 2.28 bits per heavy atom. The zero-order valence-electron chi connectivity index (χ0n) is 11.5. The van der Waals surface area contributed by atoms with Crippen molar-refractivity contribution in [1.29, 1.82) is 0 Å². The molecule has 2 rings (SSSR count). The molecule has 0 aromatic heterocycles. The standard InChI is InChI=1S/C13H25N3O2/c1-3-16-6-4-5-10(16)7-15(2)13(17)11-8-18-9-12(11)14/h10-12H,3-9,14H2,1-2H3. The molecule has 2 aliphatic heterocycles. The van der Waals surface area contributed by atoms with Crippen molar-refractivity contribution in [2.45, 2.75) is 31.8 Å². The molecule has 2 aliphatic rings. The highest BCUT2D eigenvalue weighted by Crippen LogP contribution is 2.19. The fourth-order valence-corrected chi connectivity index (χ4v) is 3.03. The van der Waals surface area contributed by atoms with E-state index in [-0.39, 0.29) is 17.9 Å². The smallest absolute Gasteiger partial charge is 0.229 e. The number of carbonyl (C=O) groups excluding carboxylic acids is 1. The number of likely N-dealkylation sites (N-methyl/N-ethyl adjacent to an activating group) is 2. The Kier molecular flexibility index (Phi) is 4.59. The van der Waals surface area contributed by atoms with Gasteiger partial charge in [0.15, 0.2) is 0 Å². The van der Waals surface area contributed by atoms with Gasteiger partial charge in [-0.25, -0.2) is 0 Å². The molecule has 3 atom stereocenters. The number of carbonyl (C=O) groups is 1. The van der Waals surface area contributed by atoms with Crippen molar-refractivity contribution in [1.82, 2.24) is 9.80 Å². The zero-order valence-corrected chi connectivity index (χ0v) is 11.5. The summed E-state index contributed by atoms with van der Waals surface area (Å²) in [5.74, 6) is -0.00515. The van der Waals surface area contributed by atoms with Gasteiger partial charge in [-0.1, -0.05) is 6.92 Å². The molecule has 0 aliphatic carbocycles. The molecule has 18 heavy (non-hydrogen) atoms. The van der Waals surface area contributed by atoms with Crippen LogP contribution >= 0.6 is 0 Å². The van der Waals surface area contributed by atoms with E-state index in [1.165, 1.54) is 12.8 Å². The molecule has 104 valence electrons. The summed E-state index contributed by atoms with van der Waals surface area (Å²) in [6, 6.07) is 0.383. The second-order valence-electron chi connectivity index (χ2n) is 5.45. The number of hydrogen-bond donors (Lipinski definition) is 1. The molecule has 2 N–H and O–H groups in total. The van der Waals surface area contributed by atoms with Crippen molar-refractivity contribution in [2.24, 2.45) is 11.7 Å². The maximum atomic E-state index is 12.3. The van der Waals surface area contributed by atoms with Gasteiger partial charge in [-0.2, -0.15) is 0 Å². The third kappa shape index (κ3) is 2.84. The van der Waals surface area contributed by atoms with Crippen molar-refractivity contribution in [3.63, 3.8) is 0 Å². The highest BCUT2D eigenvalue weighted by atomic mass is 16.5. The lowest BCUT2D eigenvalue weighted by atomic mass is 10.0. The van der Waals surface area contributed by atoms with Crippen LogP contribution in [0.1, 0.15) is 19.8 Å². The van der Waals surface area contributed by atoms with Gasteiger partial charge in [-0.3, -0.25) is 9.69 Å². The van der Waals surface area contributed by atoms with Gasteiger partial charge in [-0.15, -0.1) is 0 Å². The quantitative estimate of drug-likeness (QED) is 0.762. The van der Waals surface area contributed by atoms with Crippen molar-refractivity contribution >= 4 is 5.91 Å². The van der Waals surface area contributed by atoms with Crippen LogP contribution in [0.3, 0.4) is 0 Å². The van der Waals surface area contributed by atoms with E-state index in [1.54, 1.807) is 0 Å². The van der Waals surface area contributed by atoms with Gasteiger partial charge in [0.25, 0.3) is 0 Å². The normalized spacial score (nSPS) is 32.9. The van der Waals surface area contributed by atoms with Crippen molar-refractivity contribution in [3.05, 3.63) is 0 Å². The van der Waals surface area contributed by atoms with Crippen LogP contribution in [0, 0.1) is 5.92 Å². The van der Waals surface area contributed by atoms with E-state index < -0.39 is 0 Å². The van der Waals surface area contributed by atoms with Crippen molar-refractivity contribution < 1.29 is 9.53 Å². The number of hydrogen-bond acceptors (Lipinski definition) is 4. The average Bonchev–Trinajstić information content (AvgIpc) is 2.96. The van der Waals surface area contributed by atoms with E-state index in [0.29, 0.717) is 19.3 Å². The topological polar surface area (TPSA) is 58.8 Å². The first-order valence-electron chi connectivity index (χ1n) is 6.95. The number of likely N-dealkylation sites (tertiary alicyclic amines) is 1. The lowest BCUT2D eigenvalue weighted by Gasteiger charge is -2.29. The summed E-state index contributed by atoms with van der Waals surface area (Å²) < 4.78 is 5.27. The molecule has 5 heteroatoms. The largest absolute Gasteiger partial charge is 0.379 e. The molecule has 0 saturated carbocycles. The van der Waals surface area contributed by atoms with Gasteiger partial charge >= 0.3 is 0 Å². The molecule has 2 fully saturated rings. The summed E-state index contributed by atoms with van der Waals surface area (Å²) in [5.41, 5.74) is 5.90. The molecule has 0 spiro atoms. The number of amides is 1. The molecule has 0 bridgehead atoms. The number of ether oxygens (including phenoxy) is 1. The Morgan fingerprint density at radius 1 is 1.50 bits per heavy atom. The van der Waals surface area contributed by atoms with Gasteiger partial charge in [0.2, 0.25) is 5.91 Å². The van der Waals surface area contributed by atoms with E-state index in [4.69, 9.17) is 10.5 Å². The summed E-state index contributed by atoms with van der Waals surface area (Å²) in [6.07, 6.45) is 2.44. The summed E-state index contributed by atoms with van der Waals surface area (Å²) in [7, 11) is 1.89. The molecule has 0 aromatic carbocycles. The fraction of sp³-hybridized carbons (Fsp3) is 0.923. The van der Waals surface area contributed by atoms with Gasteiger partial charge < -0.3 is 15.4 Å². The minimum absolute atomic E-state index is 0.134. The van der Waals surface area contributed by atoms with E-state index >= 15 is 0 Å². The predicted molar refractivity (Wildman–Crippen MR) is 70.2 cm³/mol. The van der Waals surface area contributed by atoms with E-state index in [2.05, 4.69) is 11.8 Å². The van der Waals surface area contributed by atoms with Crippen LogP contribution in [0.4, 0.5) is 0 Å². The second kappa shape index (κ2) is 5.99. The highest BCUT2D eigenvalue weighted by Gasteiger charge is 2.34. The minimum atomic E-state index is -0.147. The number of nitrogens with two attached hydrogens (primary N) is 1. The van der Waals surface area contributed by atoms with Gasteiger partial charge in [-0.05, 0) is 25.9 Å². The zero-order chi connectivity index (χ0) is 13.1. The van der Waals surface area contributed by atoms with Crippen LogP contribution in [0.15, 0.2) is 0 Å². The van der Waals surface area contributed by atoms with Crippen LogP contribution in [-0.2, 0) is 9.53 Å². The molecule has 5 nitrogen and oxygen atoms in total. The summed E-state index contributed by atoms with van der Waals surface area (Å²) in [5, 5.41) is 0. The summed E-state index contributed by atoms with van der Waals surface area (Å²) >= 11 is 0. The number of rotatable bonds is 4. The highest BCUT2D eigenvalue weighted by molar-refractivity contribution is 5.79. The first kappa shape index (κ1) is 13.8. The molecular weight excluding hydrogens is 230 g/mol. The van der Waals surface area contributed by atoms with E-state index in [1.807, 2.05) is 11.9 Å². The van der Waals surface area contributed by atoms with Gasteiger partial charge in [0.05, 0.1) is 19.1 Å². The van der Waals surface area contributed by atoms with Crippen LogP contribution in [0.2, 0.25) is 0 Å². The maximum absolute atomic E-state index is 12.3. The first-order chi connectivity index (χ1) is 8.63. The molecule has 2 heterocycles. The molecule has 3 unspecified atom stereocenters. The van der Waals surface area contributed by atoms with Gasteiger partial charge in [0, 0.05) is 25.7 Å². The molecule has 2 saturated heterocycles. The fourth-order valence-electron chi connectivity index (χ4n) is 3.03. The molecule has 0 aromatic rings. The minimum Gasteiger partial charge on any atom is -0.379 e. The molecular formula is C13H25N3O2. The average molecular weight is 255 g/mol. The van der Waals surface area contributed by atoms with E-state index in [0.717, 1.165) is 19.6 Å². The van der Waals surface area contributed by atoms with Crippen molar-refractivity contribution in [2.75, 3.05) is 39.9 Å². The Morgan fingerprint density at radius 3 is 2.89 bits per heavy atom. The SMILES string of the molecule is CCN1CCCC1CN(C)C(=O)C1COCC1N. The van der Waals surface area contributed by atoms with Gasteiger partial charge in [0.1, 0.15) is 0 Å². The summed E-state index contributed by atoms with van der Waals surface area (Å²) in [6.45, 7) is 6.21. The van der Waals surface area contributed by atoms with Crippen LogP contribution in [0.5, 0.6) is 0 Å². The Balaban J connectivity index is 1.87. The Bertz CT molecular complexity index is 298. The third-order valence-corrected chi connectivity index (χ3v) is 4.21. The lowest BCUT2D eigenvalue weighted by molar-refractivity contribution is -0.135. The monoisotopic (exact) mass is 255 g/mol. The predicted octanol–water partition coefficient (Wildman–Crippen LogP) is -0.0972. The van der Waals surface area contributed by atoms with Crippen molar-refractivity contribution in [3.8, 4) is 0 Å². The first-order valence-corrected chi connectivity index (χ1v) is 6.95. The van der Waals surface area contributed by atoms with Crippen LogP contribution in [-0.4, -0.2) is 67.7 Å². The molecule has 0 radical (unpaired) electrons. The van der Waals surface area contributed by atoms with Crippen LogP contribution in [0.25, 0.3) is 0 Å². The lowest BCUT2D eigenvalue weighted by Crippen LogP contribution is -2.46. The third-order valence-electron chi connectivity index (χ3n) is 4.21. The number of nitrogens with zero attached hydrogens (tertiary/aromatic N) is 2. The Hall–Kier alpha value is -0.650. The molecule has 1 amide bonds.